The minimum absolute atomic E-state index is 0.209. The molecule has 0 aliphatic rings. The van der Waals surface area contributed by atoms with E-state index in [-0.39, 0.29) is 6.47 Å². The minimum atomic E-state index is -0.619. The van der Waals surface area contributed by atoms with E-state index in [9.17, 15) is 9.59 Å². The van der Waals surface area contributed by atoms with Crippen LogP contribution >= 0.6 is 22.9 Å². The topological polar surface area (TPSA) is 81.1 Å². The predicted octanol–water partition coefficient (Wildman–Crippen LogP) is 4.22. The number of ether oxygens (including phenoxy) is 2. The molecule has 0 spiro atoms. The van der Waals surface area contributed by atoms with Gasteiger partial charge >= 0.3 is 5.97 Å². The summed E-state index contributed by atoms with van der Waals surface area (Å²) in [6.45, 7) is -0.238. The van der Waals surface area contributed by atoms with Crippen LogP contribution in [0.2, 0.25) is 5.02 Å². The van der Waals surface area contributed by atoms with Gasteiger partial charge in [-0.25, -0.2) is 14.8 Å². The van der Waals surface area contributed by atoms with Crippen molar-refractivity contribution in [1.29, 1.82) is 0 Å². The van der Waals surface area contributed by atoms with Crippen LogP contribution in [0.25, 0.3) is 11.3 Å². The van der Waals surface area contributed by atoms with Gasteiger partial charge in [-0.1, -0.05) is 48.0 Å². The molecule has 3 rings (SSSR count). The first-order chi connectivity index (χ1) is 14.1. The lowest BCUT2D eigenvalue weighted by atomic mass is 10.1. The molecule has 0 aliphatic heterocycles. The summed E-state index contributed by atoms with van der Waals surface area (Å²) in [6, 6.07) is 14.3. The lowest BCUT2D eigenvalue weighted by molar-refractivity contribution is -0.136. The largest absolute Gasteiger partial charge is 0.430 e. The zero-order chi connectivity index (χ0) is 20.6. The highest BCUT2D eigenvalue weighted by Gasteiger charge is 2.13. The second-order valence-corrected chi connectivity index (χ2v) is 6.91. The number of nitrogens with zero attached hydrogens (tertiary/aromatic N) is 3. The van der Waals surface area contributed by atoms with E-state index >= 15 is 0 Å². The second kappa shape index (κ2) is 9.81. The van der Waals surface area contributed by atoms with E-state index in [4.69, 9.17) is 16.3 Å². The number of rotatable bonds is 8. The maximum absolute atomic E-state index is 12.1. The Bertz CT molecular complexity index is 1040. The molecule has 0 saturated carbocycles. The van der Waals surface area contributed by atoms with E-state index in [1.165, 1.54) is 17.6 Å². The minimum Gasteiger partial charge on any atom is -0.430 e. The lowest BCUT2D eigenvalue weighted by Crippen LogP contribution is -2.12. The molecule has 1 heterocycles. The number of halogens is 1. The van der Waals surface area contributed by atoms with Crippen LogP contribution in [-0.2, 0) is 14.3 Å². The van der Waals surface area contributed by atoms with Crippen LogP contribution in [-0.4, -0.2) is 37.5 Å². The van der Waals surface area contributed by atoms with Gasteiger partial charge in [-0.15, -0.1) is 11.3 Å². The van der Waals surface area contributed by atoms with E-state index < -0.39 is 12.8 Å². The summed E-state index contributed by atoms with van der Waals surface area (Å²) in [4.78, 5) is 26.9. The van der Waals surface area contributed by atoms with Gasteiger partial charge < -0.3 is 9.47 Å². The number of hydrogen-bond acceptors (Lipinski definition) is 8. The second-order valence-electron chi connectivity index (χ2n) is 5.66. The quantitative estimate of drug-likeness (QED) is 0.133. The Morgan fingerprint density at radius 2 is 2.00 bits per heavy atom. The van der Waals surface area contributed by atoms with Gasteiger partial charge in [0.25, 0.3) is 6.47 Å². The average molecular weight is 430 g/mol. The van der Waals surface area contributed by atoms with Crippen LogP contribution in [0.4, 0.5) is 5.13 Å². The molecule has 7 nitrogen and oxygen atoms in total. The molecule has 3 aromatic rings. The highest BCUT2D eigenvalue weighted by molar-refractivity contribution is 7.14. The normalized spacial score (nSPS) is 10.7. The number of carbonyl (C=O) groups excluding carboxylic acids is 2. The summed E-state index contributed by atoms with van der Waals surface area (Å²) in [5, 5.41) is 9.15. The SMILES string of the molecule is CN(/N=C/c1ccccc1C(=O)OCOC=O)c1nc(-c2ccccc2Cl)cs1. The molecule has 0 bridgehead atoms. The molecule has 0 saturated heterocycles. The maximum atomic E-state index is 12.1. The molecule has 0 atom stereocenters. The van der Waals surface area contributed by atoms with Crippen molar-refractivity contribution in [3.8, 4) is 11.3 Å². The molecule has 0 aliphatic carbocycles. The Morgan fingerprint density at radius 3 is 2.79 bits per heavy atom. The molecule has 1 aromatic heterocycles. The Hall–Kier alpha value is -3.23. The molecule has 0 unspecified atom stereocenters. The number of esters is 1. The third kappa shape index (κ3) is 5.18. The van der Waals surface area contributed by atoms with Crippen LogP contribution < -0.4 is 5.01 Å². The molecular formula is C20H16ClN3O4S. The van der Waals surface area contributed by atoms with Gasteiger partial charge in [-0.05, 0) is 12.1 Å². The first kappa shape index (κ1) is 20.5. The van der Waals surface area contributed by atoms with Crippen molar-refractivity contribution >= 4 is 46.7 Å². The van der Waals surface area contributed by atoms with Gasteiger partial charge in [-0.3, -0.25) is 4.79 Å². The maximum Gasteiger partial charge on any atom is 0.341 e. The van der Waals surface area contributed by atoms with E-state index in [0.717, 1.165) is 11.3 Å². The summed E-state index contributed by atoms with van der Waals surface area (Å²) in [5.74, 6) is -0.619. The van der Waals surface area contributed by atoms with Crippen molar-refractivity contribution in [3.63, 3.8) is 0 Å². The first-order valence-electron chi connectivity index (χ1n) is 8.39. The summed E-state index contributed by atoms with van der Waals surface area (Å²) in [5.41, 5.74) is 2.46. The third-order valence-corrected chi connectivity index (χ3v) is 5.03. The Morgan fingerprint density at radius 1 is 1.24 bits per heavy atom. The molecular weight excluding hydrogens is 414 g/mol. The average Bonchev–Trinajstić information content (AvgIpc) is 3.23. The van der Waals surface area contributed by atoms with Gasteiger partial charge in [0, 0.05) is 28.6 Å². The summed E-state index contributed by atoms with van der Waals surface area (Å²) in [6.07, 6.45) is 1.54. The summed E-state index contributed by atoms with van der Waals surface area (Å²) >= 11 is 7.65. The summed E-state index contributed by atoms with van der Waals surface area (Å²) in [7, 11) is 1.75. The van der Waals surface area contributed by atoms with E-state index in [1.54, 1.807) is 36.3 Å². The fraction of sp³-hybridized carbons (Fsp3) is 0.100. The molecule has 0 radical (unpaired) electrons. The number of carbonyl (C=O) groups is 2. The highest BCUT2D eigenvalue weighted by atomic mass is 35.5. The first-order valence-corrected chi connectivity index (χ1v) is 9.65. The zero-order valence-corrected chi connectivity index (χ0v) is 16.9. The van der Waals surface area contributed by atoms with Crippen molar-refractivity contribution in [3.05, 3.63) is 70.1 Å². The van der Waals surface area contributed by atoms with E-state index in [1.807, 2.05) is 29.6 Å². The fourth-order valence-corrected chi connectivity index (χ4v) is 3.37. The Kier molecular flexibility index (Phi) is 6.94. The number of thiazole rings is 1. The number of hydrazone groups is 1. The van der Waals surface area contributed by atoms with Gasteiger partial charge in [0.1, 0.15) is 0 Å². The van der Waals surface area contributed by atoms with Crippen LogP contribution in [0.1, 0.15) is 15.9 Å². The molecule has 29 heavy (non-hydrogen) atoms. The monoisotopic (exact) mass is 429 g/mol. The van der Waals surface area contributed by atoms with Gasteiger partial charge in [0.05, 0.1) is 17.5 Å². The van der Waals surface area contributed by atoms with Gasteiger partial charge in [-0.2, -0.15) is 5.10 Å². The number of hydrogen-bond donors (Lipinski definition) is 0. The van der Waals surface area contributed by atoms with E-state index in [2.05, 4.69) is 14.8 Å². The van der Waals surface area contributed by atoms with Crippen molar-refractivity contribution in [2.24, 2.45) is 5.10 Å². The van der Waals surface area contributed by atoms with Crippen LogP contribution in [0.5, 0.6) is 0 Å². The smallest absolute Gasteiger partial charge is 0.341 e. The highest BCUT2D eigenvalue weighted by Crippen LogP contribution is 2.31. The zero-order valence-electron chi connectivity index (χ0n) is 15.3. The molecule has 0 N–H and O–H groups in total. The molecule has 2 aromatic carbocycles. The summed E-state index contributed by atoms with van der Waals surface area (Å²) < 4.78 is 9.26. The van der Waals surface area contributed by atoms with Crippen molar-refractivity contribution in [2.75, 3.05) is 18.8 Å². The molecule has 0 fully saturated rings. The van der Waals surface area contributed by atoms with Crippen molar-refractivity contribution < 1.29 is 19.1 Å². The Labute approximate surface area is 176 Å². The lowest BCUT2D eigenvalue weighted by Gasteiger charge is -2.09. The number of benzene rings is 2. The third-order valence-electron chi connectivity index (χ3n) is 3.80. The van der Waals surface area contributed by atoms with Crippen molar-refractivity contribution in [1.82, 2.24) is 4.98 Å². The van der Waals surface area contributed by atoms with Crippen LogP contribution in [0, 0.1) is 0 Å². The molecule has 148 valence electrons. The van der Waals surface area contributed by atoms with Crippen molar-refractivity contribution in [2.45, 2.75) is 0 Å². The van der Waals surface area contributed by atoms with Gasteiger partial charge in [0.2, 0.25) is 11.9 Å². The molecule has 0 amide bonds. The van der Waals surface area contributed by atoms with Gasteiger partial charge in [0.15, 0.2) is 0 Å². The van der Waals surface area contributed by atoms with E-state index in [0.29, 0.717) is 21.3 Å². The number of anilines is 1. The molecule has 9 heteroatoms. The Balaban J connectivity index is 1.75. The van der Waals surface area contributed by atoms with Crippen LogP contribution in [0.3, 0.4) is 0 Å². The van der Waals surface area contributed by atoms with Crippen LogP contribution in [0.15, 0.2) is 59.0 Å². The standard InChI is InChI=1S/C20H16ClN3O4S/c1-24(20-23-18(11-29-20)16-8-4-5-9-17(16)21)22-10-14-6-2-3-7-15(14)19(26)28-13-27-12-25/h2-12H,13H2,1H3/b22-10+. The number of aromatic nitrogens is 1. The predicted molar refractivity (Wildman–Crippen MR) is 112 cm³/mol. The fourth-order valence-electron chi connectivity index (χ4n) is 2.39.